The molecule has 0 unspecified atom stereocenters. The van der Waals surface area contributed by atoms with Crippen LogP contribution >= 0.6 is 23.2 Å². The highest BCUT2D eigenvalue weighted by Gasteiger charge is 2.28. The van der Waals surface area contributed by atoms with E-state index in [0.717, 1.165) is 5.56 Å². The number of urea groups is 1. The number of benzene rings is 2. The van der Waals surface area contributed by atoms with E-state index in [1.54, 1.807) is 36.4 Å². The summed E-state index contributed by atoms with van der Waals surface area (Å²) in [5, 5.41) is 4.87. The van der Waals surface area contributed by atoms with Gasteiger partial charge in [-0.15, -0.1) is 0 Å². The lowest BCUT2D eigenvalue weighted by Gasteiger charge is -2.15. The molecule has 2 N–H and O–H groups in total. The lowest BCUT2D eigenvalue weighted by atomic mass is 10.1. The van der Waals surface area contributed by atoms with E-state index in [1.807, 2.05) is 10.6 Å². The van der Waals surface area contributed by atoms with Crippen molar-refractivity contribution >= 4 is 47.1 Å². The first-order chi connectivity index (χ1) is 13.4. The minimum Gasteiger partial charge on any atom is -0.497 e. The Bertz CT molecular complexity index is 982. The van der Waals surface area contributed by atoms with Crippen molar-refractivity contribution < 1.29 is 23.9 Å². The lowest BCUT2D eigenvalue weighted by Crippen LogP contribution is -2.51. The van der Waals surface area contributed by atoms with Gasteiger partial charge < -0.3 is 9.47 Å². The molecule has 0 atom stereocenters. The fraction of sp³-hybridized carbons (Fsp3) is 0.105. The number of ether oxygens (including phenoxy) is 2. The van der Waals surface area contributed by atoms with E-state index in [0.29, 0.717) is 27.1 Å². The third-order valence-electron chi connectivity index (χ3n) is 3.84. The number of amides is 4. The average molecular weight is 421 g/mol. The average Bonchev–Trinajstić information content (AvgIpc) is 2.66. The van der Waals surface area contributed by atoms with Crippen molar-refractivity contribution in [3.05, 3.63) is 63.1 Å². The highest BCUT2D eigenvalue weighted by atomic mass is 35.5. The molecule has 1 heterocycles. The Morgan fingerprint density at radius 2 is 1.68 bits per heavy atom. The van der Waals surface area contributed by atoms with Gasteiger partial charge >= 0.3 is 6.03 Å². The standard InChI is InChI=1S/C19H14Cl2N2O5/c1-27-12-4-3-11(7-13-17(24)22-19(26)23-18(13)25)16(8-12)28-9-10-2-5-14(20)15(21)6-10/h2-8H,9H2,1H3,(H2,22,23,24,25,26). The molecule has 7 nitrogen and oxygen atoms in total. The number of hydrogen-bond acceptors (Lipinski definition) is 5. The second kappa shape index (κ2) is 8.33. The van der Waals surface area contributed by atoms with Crippen molar-refractivity contribution in [1.29, 1.82) is 0 Å². The van der Waals surface area contributed by atoms with Crippen LogP contribution in [0.4, 0.5) is 4.79 Å². The Balaban J connectivity index is 1.90. The zero-order valence-electron chi connectivity index (χ0n) is 14.5. The SMILES string of the molecule is COc1ccc(C=C2C(=O)NC(=O)NC2=O)c(OCc2ccc(Cl)c(Cl)c2)c1. The Morgan fingerprint density at radius 1 is 0.964 bits per heavy atom. The molecule has 2 aromatic rings. The van der Waals surface area contributed by atoms with Crippen LogP contribution in [0.1, 0.15) is 11.1 Å². The first-order valence-corrected chi connectivity index (χ1v) is 8.76. The van der Waals surface area contributed by atoms with Gasteiger partial charge in [-0.1, -0.05) is 29.3 Å². The van der Waals surface area contributed by atoms with Crippen LogP contribution in [0.3, 0.4) is 0 Å². The maximum Gasteiger partial charge on any atom is 0.328 e. The van der Waals surface area contributed by atoms with Gasteiger partial charge in [-0.05, 0) is 35.9 Å². The van der Waals surface area contributed by atoms with Crippen molar-refractivity contribution in [2.75, 3.05) is 7.11 Å². The summed E-state index contributed by atoms with van der Waals surface area (Å²) in [5.41, 5.74) is 1.01. The molecule has 144 valence electrons. The first kappa shape index (κ1) is 19.7. The molecule has 0 spiro atoms. The fourth-order valence-electron chi connectivity index (χ4n) is 2.44. The van der Waals surface area contributed by atoms with Crippen molar-refractivity contribution in [3.8, 4) is 11.5 Å². The van der Waals surface area contributed by atoms with E-state index in [4.69, 9.17) is 32.7 Å². The topological polar surface area (TPSA) is 93.7 Å². The molecule has 28 heavy (non-hydrogen) atoms. The minimum absolute atomic E-state index is 0.164. The maximum atomic E-state index is 11.9. The van der Waals surface area contributed by atoms with Gasteiger partial charge in [-0.25, -0.2) is 4.79 Å². The van der Waals surface area contributed by atoms with Crippen LogP contribution < -0.4 is 20.1 Å². The molecule has 1 saturated heterocycles. The molecule has 1 aliphatic rings. The molecule has 2 aromatic carbocycles. The summed E-state index contributed by atoms with van der Waals surface area (Å²) in [4.78, 5) is 35.1. The van der Waals surface area contributed by atoms with Gasteiger partial charge in [-0.2, -0.15) is 0 Å². The number of barbiturate groups is 1. The molecule has 0 saturated carbocycles. The van der Waals surface area contributed by atoms with Gasteiger partial charge in [0.1, 0.15) is 23.7 Å². The molecular weight excluding hydrogens is 407 g/mol. The van der Waals surface area contributed by atoms with Crippen molar-refractivity contribution in [2.24, 2.45) is 0 Å². The van der Waals surface area contributed by atoms with Gasteiger partial charge in [0, 0.05) is 11.6 Å². The smallest absolute Gasteiger partial charge is 0.328 e. The normalized spacial score (nSPS) is 13.7. The molecular formula is C19H14Cl2N2O5. The van der Waals surface area contributed by atoms with Gasteiger partial charge in [0.05, 0.1) is 17.2 Å². The number of carbonyl (C=O) groups excluding carboxylic acids is 3. The van der Waals surface area contributed by atoms with E-state index in [1.165, 1.54) is 13.2 Å². The summed E-state index contributed by atoms with van der Waals surface area (Å²) in [5.74, 6) is -0.686. The van der Waals surface area contributed by atoms with Gasteiger partial charge in [-0.3, -0.25) is 20.2 Å². The number of halogens is 2. The largest absolute Gasteiger partial charge is 0.497 e. The molecule has 9 heteroatoms. The van der Waals surface area contributed by atoms with Crippen molar-refractivity contribution in [2.45, 2.75) is 6.61 Å². The maximum absolute atomic E-state index is 11.9. The van der Waals surface area contributed by atoms with Crippen LogP contribution in [-0.4, -0.2) is 25.0 Å². The third-order valence-corrected chi connectivity index (χ3v) is 4.58. The summed E-state index contributed by atoms with van der Waals surface area (Å²) in [6, 6.07) is 9.14. The minimum atomic E-state index is -0.863. The third kappa shape index (κ3) is 4.44. The number of rotatable bonds is 5. The summed E-state index contributed by atoms with van der Waals surface area (Å²) < 4.78 is 11.0. The second-order valence-electron chi connectivity index (χ2n) is 5.74. The first-order valence-electron chi connectivity index (χ1n) is 8.00. The summed E-state index contributed by atoms with van der Waals surface area (Å²) in [7, 11) is 1.50. The highest BCUT2D eigenvalue weighted by molar-refractivity contribution is 6.42. The Hall–Kier alpha value is -3.03. The number of methoxy groups -OCH3 is 1. The number of imide groups is 2. The molecule has 0 bridgehead atoms. The zero-order chi connectivity index (χ0) is 20.3. The Labute approximate surface area is 170 Å². The van der Waals surface area contributed by atoms with Gasteiger partial charge in [0.25, 0.3) is 11.8 Å². The van der Waals surface area contributed by atoms with Crippen LogP contribution in [-0.2, 0) is 16.2 Å². The molecule has 0 aromatic heterocycles. The summed E-state index contributed by atoms with van der Waals surface area (Å²) in [6.07, 6.45) is 1.33. The second-order valence-corrected chi connectivity index (χ2v) is 6.55. The quantitative estimate of drug-likeness (QED) is 0.571. The number of nitrogens with one attached hydrogen (secondary N) is 2. The molecule has 1 fully saturated rings. The predicted molar refractivity (Wildman–Crippen MR) is 103 cm³/mol. The number of carbonyl (C=O) groups is 3. The van der Waals surface area contributed by atoms with Gasteiger partial charge in [0.15, 0.2) is 0 Å². The Morgan fingerprint density at radius 3 is 2.32 bits per heavy atom. The fourth-order valence-corrected chi connectivity index (χ4v) is 2.76. The van der Waals surface area contributed by atoms with Crippen LogP contribution in [0.5, 0.6) is 11.5 Å². The zero-order valence-corrected chi connectivity index (χ0v) is 16.1. The van der Waals surface area contributed by atoms with Crippen LogP contribution in [0.25, 0.3) is 6.08 Å². The molecule has 1 aliphatic heterocycles. The molecule has 0 aliphatic carbocycles. The van der Waals surface area contributed by atoms with E-state index in [-0.39, 0.29) is 12.2 Å². The lowest BCUT2D eigenvalue weighted by molar-refractivity contribution is -0.123. The van der Waals surface area contributed by atoms with E-state index >= 15 is 0 Å². The summed E-state index contributed by atoms with van der Waals surface area (Å²) in [6.45, 7) is 0.164. The van der Waals surface area contributed by atoms with E-state index in [9.17, 15) is 14.4 Å². The van der Waals surface area contributed by atoms with E-state index < -0.39 is 17.8 Å². The Kier molecular flexibility index (Phi) is 5.87. The van der Waals surface area contributed by atoms with E-state index in [2.05, 4.69) is 0 Å². The monoisotopic (exact) mass is 420 g/mol. The highest BCUT2D eigenvalue weighted by Crippen LogP contribution is 2.29. The number of hydrogen-bond donors (Lipinski definition) is 2. The molecule has 0 radical (unpaired) electrons. The van der Waals surface area contributed by atoms with Crippen LogP contribution in [0, 0.1) is 0 Å². The van der Waals surface area contributed by atoms with Crippen molar-refractivity contribution in [1.82, 2.24) is 10.6 Å². The van der Waals surface area contributed by atoms with Gasteiger partial charge in [0.2, 0.25) is 0 Å². The predicted octanol–water partition coefficient (Wildman–Crippen LogP) is 3.33. The summed E-state index contributed by atoms with van der Waals surface area (Å²) >= 11 is 11.9. The van der Waals surface area contributed by atoms with Crippen LogP contribution in [0.15, 0.2) is 42.0 Å². The molecule has 3 rings (SSSR count). The van der Waals surface area contributed by atoms with Crippen LogP contribution in [0.2, 0.25) is 10.0 Å². The van der Waals surface area contributed by atoms with Crippen molar-refractivity contribution in [3.63, 3.8) is 0 Å². The molecule has 4 amide bonds.